The quantitative estimate of drug-likeness (QED) is 0.786. The predicted molar refractivity (Wildman–Crippen MR) is 80.6 cm³/mol. The zero-order chi connectivity index (χ0) is 13.1. The first-order valence-electron chi connectivity index (χ1n) is 6.87. The minimum Gasteiger partial charge on any atom is -0.372 e. The van der Waals surface area contributed by atoms with Crippen molar-refractivity contribution >= 4 is 5.57 Å². The Morgan fingerprint density at radius 2 is 1.68 bits per heavy atom. The van der Waals surface area contributed by atoms with E-state index < -0.39 is 0 Å². The van der Waals surface area contributed by atoms with Crippen LogP contribution in [-0.2, 0) is 6.54 Å². The molecular formula is C18H19N. The fourth-order valence-electron chi connectivity index (χ4n) is 2.54. The molecule has 0 spiro atoms. The van der Waals surface area contributed by atoms with Crippen LogP contribution < -0.4 is 0 Å². The van der Waals surface area contributed by atoms with Gasteiger partial charge in [-0.15, -0.1) is 0 Å². The molecule has 1 heteroatoms. The number of hydrogen-bond acceptors (Lipinski definition) is 1. The molecule has 0 unspecified atom stereocenters. The van der Waals surface area contributed by atoms with Gasteiger partial charge in [0.2, 0.25) is 0 Å². The van der Waals surface area contributed by atoms with Gasteiger partial charge in [-0.1, -0.05) is 60.2 Å². The van der Waals surface area contributed by atoms with Gasteiger partial charge in [-0.2, -0.15) is 0 Å². The van der Waals surface area contributed by atoms with E-state index in [0.717, 1.165) is 19.5 Å². The molecule has 1 nitrogen and oxygen atoms in total. The second-order valence-electron chi connectivity index (χ2n) is 5.23. The highest BCUT2D eigenvalue weighted by atomic mass is 15.1. The summed E-state index contributed by atoms with van der Waals surface area (Å²) < 4.78 is 0. The molecule has 0 aliphatic carbocycles. The Labute approximate surface area is 115 Å². The summed E-state index contributed by atoms with van der Waals surface area (Å²) >= 11 is 0. The molecule has 0 fully saturated rings. The van der Waals surface area contributed by atoms with Crippen molar-refractivity contribution in [3.05, 3.63) is 77.5 Å². The van der Waals surface area contributed by atoms with E-state index in [-0.39, 0.29) is 0 Å². The zero-order valence-electron chi connectivity index (χ0n) is 11.3. The molecule has 96 valence electrons. The monoisotopic (exact) mass is 249 g/mol. The van der Waals surface area contributed by atoms with Gasteiger partial charge in [0.15, 0.2) is 0 Å². The third-order valence-corrected chi connectivity index (χ3v) is 3.66. The van der Waals surface area contributed by atoms with E-state index in [1.54, 1.807) is 0 Å². The maximum Gasteiger partial charge on any atom is 0.0424 e. The van der Waals surface area contributed by atoms with Crippen LogP contribution in [0.2, 0.25) is 0 Å². The van der Waals surface area contributed by atoms with Crippen molar-refractivity contribution in [2.75, 3.05) is 6.54 Å². The molecule has 1 aliphatic rings. The first-order valence-corrected chi connectivity index (χ1v) is 6.87. The molecule has 19 heavy (non-hydrogen) atoms. The minimum atomic E-state index is 1.01. The number of hydrogen-bond donors (Lipinski definition) is 0. The second kappa shape index (κ2) is 5.31. The maximum atomic E-state index is 2.41. The molecule has 3 rings (SSSR count). The van der Waals surface area contributed by atoms with Crippen molar-refractivity contribution in [2.24, 2.45) is 0 Å². The van der Waals surface area contributed by atoms with Gasteiger partial charge in [-0.05, 0) is 30.0 Å². The van der Waals surface area contributed by atoms with Crippen LogP contribution in [0.3, 0.4) is 0 Å². The predicted octanol–water partition coefficient (Wildman–Crippen LogP) is 4.24. The van der Waals surface area contributed by atoms with Crippen LogP contribution in [0, 0.1) is 6.92 Å². The van der Waals surface area contributed by atoms with Crippen LogP contribution in [0.15, 0.2) is 60.8 Å². The van der Waals surface area contributed by atoms with Gasteiger partial charge in [0, 0.05) is 19.3 Å². The number of nitrogens with zero attached hydrogens (tertiary/aromatic N) is 1. The second-order valence-corrected chi connectivity index (χ2v) is 5.23. The van der Waals surface area contributed by atoms with Gasteiger partial charge < -0.3 is 4.90 Å². The van der Waals surface area contributed by atoms with E-state index in [0.29, 0.717) is 0 Å². The Hall–Kier alpha value is -2.02. The maximum absolute atomic E-state index is 2.41. The lowest BCUT2D eigenvalue weighted by Gasteiger charge is -2.14. The molecule has 0 saturated carbocycles. The molecule has 0 N–H and O–H groups in total. The molecule has 1 heterocycles. The molecule has 2 aromatic carbocycles. The van der Waals surface area contributed by atoms with Crippen molar-refractivity contribution in [2.45, 2.75) is 19.9 Å². The molecule has 0 aromatic heterocycles. The van der Waals surface area contributed by atoms with Crippen LogP contribution in [-0.4, -0.2) is 11.4 Å². The SMILES string of the molecule is Cc1ccc(C2=CN(Cc3ccccc3)CC2)cc1. The van der Waals surface area contributed by atoms with Crippen LogP contribution in [0.4, 0.5) is 0 Å². The minimum absolute atomic E-state index is 1.01. The van der Waals surface area contributed by atoms with E-state index in [4.69, 9.17) is 0 Å². The Morgan fingerprint density at radius 1 is 0.947 bits per heavy atom. The summed E-state index contributed by atoms with van der Waals surface area (Å²) in [4.78, 5) is 2.41. The number of benzene rings is 2. The third kappa shape index (κ3) is 2.87. The Kier molecular flexibility index (Phi) is 3.37. The molecule has 0 saturated heterocycles. The molecule has 0 bridgehead atoms. The fourth-order valence-corrected chi connectivity index (χ4v) is 2.54. The molecule has 0 amide bonds. The van der Waals surface area contributed by atoms with Gasteiger partial charge in [0.25, 0.3) is 0 Å². The Bertz CT molecular complexity index is 566. The van der Waals surface area contributed by atoms with Gasteiger partial charge in [-0.3, -0.25) is 0 Å². The smallest absolute Gasteiger partial charge is 0.0424 e. The van der Waals surface area contributed by atoms with E-state index in [1.165, 1.54) is 22.3 Å². The third-order valence-electron chi connectivity index (χ3n) is 3.66. The van der Waals surface area contributed by atoms with E-state index in [1.807, 2.05) is 0 Å². The van der Waals surface area contributed by atoms with Crippen LogP contribution in [0.1, 0.15) is 23.1 Å². The highest BCUT2D eigenvalue weighted by molar-refractivity contribution is 5.67. The first-order chi connectivity index (χ1) is 9.31. The number of rotatable bonds is 3. The highest BCUT2D eigenvalue weighted by Gasteiger charge is 2.13. The van der Waals surface area contributed by atoms with Gasteiger partial charge >= 0.3 is 0 Å². The van der Waals surface area contributed by atoms with Crippen molar-refractivity contribution in [1.82, 2.24) is 4.90 Å². The lowest BCUT2D eigenvalue weighted by atomic mass is 10.0. The van der Waals surface area contributed by atoms with E-state index in [2.05, 4.69) is 72.6 Å². The van der Waals surface area contributed by atoms with Crippen LogP contribution in [0.25, 0.3) is 5.57 Å². The summed E-state index contributed by atoms with van der Waals surface area (Å²) in [6, 6.07) is 19.5. The molecule has 0 radical (unpaired) electrons. The van der Waals surface area contributed by atoms with Crippen molar-refractivity contribution < 1.29 is 0 Å². The van der Waals surface area contributed by atoms with Crippen molar-refractivity contribution in [1.29, 1.82) is 0 Å². The Morgan fingerprint density at radius 3 is 2.42 bits per heavy atom. The topological polar surface area (TPSA) is 3.24 Å². The van der Waals surface area contributed by atoms with Gasteiger partial charge in [0.05, 0.1) is 0 Å². The van der Waals surface area contributed by atoms with Gasteiger partial charge in [0.1, 0.15) is 0 Å². The van der Waals surface area contributed by atoms with Gasteiger partial charge in [-0.25, -0.2) is 0 Å². The van der Waals surface area contributed by atoms with E-state index >= 15 is 0 Å². The van der Waals surface area contributed by atoms with Crippen LogP contribution >= 0.6 is 0 Å². The summed E-state index contributed by atoms with van der Waals surface area (Å²) in [5, 5.41) is 0. The summed E-state index contributed by atoms with van der Waals surface area (Å²) in [6.45, 7) is 4.27. The van der Waals surface area contributed by atoms with Crippen molar-refractivity contribution in [3.8, 4) is 0 Å². The molecule has 2 aromatic rings. The lowest BCUT2D eigenvalue weighted by molar-refractivity contribution is 0.400. The molecule has 0 atom stereocenters. The summed E-state index contributed by atoms with van der Waals surface area (Å²) in [6.07, 6.45) is 3.47. The highest BCUT2D eigenvalue weighted by Crippen LogP contribution is 2.26. The average Bonchev–Trinajstić information content (AvgIpc) is 2.89. The normalized spacial score (nSPS) is 14.6. The largest absolute Gasteiger partial charge is 0.372 e. The van der Waals surface area contributed by atoms with Crippen molar-refractivity contribution in [3.63, 3.8) is 0 Å². The Balaban J connectivity index is 1.72. The summed E-state index contributed by atoms with van der Waals surface area (Å²) in [5.41, 5.74) is 5.52. The summed E-state index contributed by atoms with van der Waals surface area (Å²) in [5.74, 6) is 0. The van der Waals surface area contributed by atoms with E-state index in [9.17, 15) is 0 Å². The lowest BCUT2D eigenvalue weighted by Crippen LogP contribution is -2.13. The van der Waals surface area contributed by atoms with Crippen LogP contribution in [0.5, 0.6) is 0 Å². The standard InChI is InChI=1S/C18H19N/c1-15-7-9-17(10-8-15)18-11-12-19(14-18)13-16-5-3-2-4-6-16/h2-10,14H,11-13H2,1H3. The zero-order valence-corrected chi connectivity index (χ0v) is 11.3. The molecular weight excluding hydrogens is 230 g/mol. The first kappa shape index (κ1) is 12.0. The molecule has 1 aliphatic heterocycles. The average molecular weight is 249 g/mol. The summed E-state index contributed by atoms with van der Waals surface area (Å²) in [7, 11) is 0. The number of aryl methyl sites for hydroxylation is 1. The fraction of sp³-hybridized carbons (Fsp3) is 0.222.